The zero-order valence-electron chi connectivity index (χ0n) is 31.5. The molecular formula is C27H35N6O27P4+. The molecule has 0 saturated carbocycles. The third-order valence-electron chi connectivity index (χ3n) is 9.23. The largest absolute Gasteiger partial charge is 0.694 e. The highest BCUT2D eigenvalue weighted by atomic mass is 31.2. The van der Waals surface area contributed by atoms with Crippen molar-refractivity contribution < 1.29 is 99.4 Å². The van der Waals surface area contributed by atoms with Crippen molar-refractivity contribution in [1.29, 1.82) is 0 Å². The zero-order chi connectivity index (χ0) is 47.1. The number of H-pyrrole nitrogens is 3. The topological polar surface area (TPSA) is 478 Å². The van der Waals surface area contributed by atoms with Gasteiger partial charge in [0.05, 0.1) is 13.2 Å². The summed E-state index contributed by atoms with van der Waals surface area (Å²) in [5, 5.41) is 33.1. The van der Waals surface area contributed by atoms with Crippen LogP contribution >= 0.6 is 31.7 Å². The number of rotatable bonds is 18. The summed E-state index contributed by atoms with van der Waals surface area (Å²) in [4.78, 5) is 127. The van der Waals surface area contributed by atoms with Crippen LogP contribution < -0.4 is 33.7 Å². The van der Waals surface area contributed by atoms with Crippen molar-refractivity contribution in [1.82, 2.24) is 28.7 Å². The molecule has 37 heteroatoms. The lowest BCUT2D eigenvalue weighted by atomic mass is 10.1. The maximum Gasteiger partial charge on any atom is 0.694 e. The van der Waals surface area contributed by atoms with E-state index in [0.29, 0.717) is 13.7 Å². The fraction of sp³-hybridized carbons (Fsp3) is 0.556. The van der Waals surface area contributed by atoms with Crippen LogP contribution in [-0.2, 0) is 59.6 Å². The molecule has 3 fully saturated rings. The Bertz CT molecular complexity index is 2710. The van der Waals surface area contributed by atoms with Crippen LogP contribution in [0.5, 0.6) is 0 Å². The van der Waals surface area contributed by atoms with Gasteiger partial charge in [-0.3, -0.25) is 65.7 Å². The highest BCUT2D eigenvalue weighted by molar-refractivity contribution is 7.47. The summed E-state index contributed by atoms with van der Waals surface area (Å²) in [7, 11) is -20.1. The summed E-state index contributed by atoms with van der Waals surface area (Å²) in [5.41, 5.74) is -6.17. The Morgan fingerprint density at radius 2 is 0.875 bits per heavy atom. The van der Waals surface area contributed by atoms with Crippen LogP contribution in [-0.4, -0.2) is 143 Å². The number of aromatic nitrogens is 6. The Morgan fingerprint density at radius 1 is 0.562 bits per heavy atom. The Balaban J connectivity index is 1.21. The van der Waals surface area contributed by atoms with Crippen LogP contribution in [0.25, 0.3) is 0 Å². The molecule has 64 heavy (non-hydrogen) atoms. The molecule has 33 nitrogen and oxygen atoms in total. The van der Waals surface area contributed by atoms with E-state index < -0.39 is 159 Å². The second kappa shape index (κ2) is 19.5. The Kier molecular flexibility index (Phi) is 15.1. The molecule has 11 N–H and O–H groups in total. The maximum atomic E-state index is 13.4. The van der Waals surface area contributed by atoms with Gasteiger partial charge in [-0.1, -0.05) is 0 Å². The van der Waals surface area contributed by atoms with Crippen molar-refractivity contribution in [2.75, 3.05) is 19.8 Å². The fourth-order valence-electron chi connectivity index (χ4n) is 6.52. The third-order valence-corrected chi connectivity index (χ3v) is 12.1. The van der Waals surface area contributed by atoms with E-state index in [-0.39, 0.29) is 0 Å². The number of ether oxygens (including phenoxy) is 3. The minimum absolute atomic E-state index is 0.555. The molecule has 3 aromatic heterocycles. The lowest BCUT2D eigenvalue weighted by Crippen LogP contribution is -2.39. The van der Waals surface area contributed by atoms with Crippen LogP contribution in [0.3, 0.4) is 0 Å². The standard InChI is InChI=1S/C27H34N6O27P4/c34-13-1-4-31(25(40)28-13)22-16(37)19(58-62(45,46)47)11(56-22)8-53-64(50,51)60-21-12(57-24(18(21)39)33-6-3-15(36)30-27(33)42)9-54-63(48,49)59-20-10(7-52-61(43)44)55-23(17(20)38)32-5-2-14(35)29-26(32)41/h1-6,10-12,16-24,37-39H,7-9H2,(H7-,28,29,30,34,35,36,40,41,42,43,44,45,46,47,48,49,50,51)/p+1/t10-,11-,12-,16-,17-,18-,19-,20-,21-,22-,23-,24-/m1/s1. The van der Waals surface area contributed by atoms with Gasteiger partial charge in [0, 0.05) is 41.4 Å². The molecule has 6 heterocycles. The van der Waals surface area contributed by atoms with E-state index >= 15 is 0 Å². The van der Waals surface area contributed by atoms with Crippen molar-refractivity contribution in [3.8, 4) is 0 Å². The van der Waals surface area contributed by atoms with Crippen LogP contribution in [0.2, 0.25) is 0 Å². The van der Waals surface area contributed by atoms with Gasteiger partial charge >= 0.3 is 48.8 Å². The predicted molar refractivity (Wildman–Crippen MR) is 198 cm³/mol. The lowest BCUT2D eigenvalue weighted by Gasteiger charge is -2.26. The van der Waals surface area contributed by atoms with Crippen LogP contribution in [0.1, 0.15) is 18.7 Å². The van der Waals surface area contributed by atoms with E-state index in [1.807, 2.05) is 15.0 Å². The Hall–Kier alpha value is -3.85. The number of phosphoric ester groups is 3. The van der Waals surface area contributed by atoms with Crippen LogP contribution in [0.15, 0.2) is 65.6 Å². The van der Waals surface area contributed by atoms with E-state index in [9.17, 15) is 81.9 Å². The van der Waals surface area contributed by atoms with Gasteiger partial charge in [-0.25, -0.2) is 28.1 Å². The van der Waals surface area contributed by atoms with Crippen molar-refractivity contribution in [2.45, 2.75) is 73.6 Å². The van der Waals surface area contributed by atoms with E-state index in [0.717, 1.165) is 36.8 Å². The fourth-order valence-corrected chi connectivity index (χ4v) is 9.30. The van der Waals surface area contributed by atoms with Crippen LogP contribution in [0.4, 0.5) is 0 Å². The minimum Gasteiger partial charge on any atom is -0.386 e. The Morgan fingerprint density at radius 3 is 1.17 bits per heavy atom. The number of hydrogen-bond donors (Lipinski definition) is 11. The van der Waals surface area contributed by atoms with Crippen molar-refractivity contribution in [2.24, 2.45) is 0 Å². The summed E-state index contributed by atoms with van der Waals surface area (Å²) in [6, 6.07) is 2.46. The average Bonchev–Trinajstić information content (AvgIpc) is 3.77. The molecule has 3 saturated heterocycles. The Labute approximate surface area is 352 Å². The lowest BCUT2D eigenvalue weighted by molar-refractivity contribution is -0.0637. The molecular weight excluding hydrogens is 964 g/mol. The molecule has 3 aliphatic heterocycles. The normalized spacial score (nSPS) is 31.7. The van der Waals surface area contributed by atoms with Gasteiger partial charge in [-0.05, 0) is 0 Å². The van der Waals surface area contributed by atoms with Gasteiger partial charge in [-0.15, -0.1) is 9.42 Å². The van der Waals surface area contributed by atoms with E-state index in [1.54, 1.807) is 0 Å². The van der Waals surface area contributed by atoms with Gasteiger partial charge in [0.15, 0.2) is 18.7 Å². The van der Waals surface area contributed by atoms with Gasteiger partial charge in [-0.2, -0.15) is 0 Å². The van der Waals surface area contributed by atoms with Crippen LogP contribution in [0, 0.1) is 0 Å². The van der Waals surface area contributed by atoms with E-state index in [2.05, 4.69) is 9.05 Å². The second-order valence-electron chi connectivity index (χ2n) is 13.5. The quantitative estimate of drug-likeness (QED) is 0.0530. The number of hydrogen-bond acceptors (Lipinski definition) is 22. The van der Waals surface area contributed by atoms with Gasteiger partial charge < -0.3 is 49.1 Å². The summed E-state index contributed by atoms with van der Waals surface area (Å²) >= 11 is 0. The highest BCUT2D eigenvalue weighted by Gasteiger charge is 2.54. The van der Waals surface area contributed by atoms with Gasteiger partial charge in [0.1, 0.15) is 61.5 Å². The number of nitrogens with zero attached hydrogens (tertiary/aromatic N) is 3. The van der Waals surface area contributed by atoms with Crippen molar-refractivity contribution in [3.05, 3.63) is 99.3 Å². The first-order valence-electron chi connectivity index (χ1n) is 17.6. The van der Waals surface area contributed by atoms with Gasteiger partial charge in [0.2, 0.25) is 0 Å². The number of aromatic amines is 3. The highest BCUT2D eigenvalue weighted by Crippen LogP contribution is 2.52. The predicted octanol–water partition coefficient (Wildman–Crippen LogP) is -5.44. The third kappa shape index (κ3) is 11.7. The molecule has 0 bridgehead atoms. The number of phosphoric acid groups is 3. The number of aliphatic hydroxyl groups is 3. The maximum absolute atomic E-state index is 13.4. The molecule has 6 rings (SSSR count). The molecule has 0 spiro atoms. The zero-order valence-corrected chi connectivity index (χ0v) is 35.1. The summed E-state index contributed by atoms with van der Waals surface area (Å²) < 4.78 is 97.3. The first kappa shape index (κ1) is 49.6. The molecule has 0 radical (unpaired) electrons. The van der Waals surface area contributed by atoms with Crippen molar-refractivity contribution >= 4 is 31.7 Å². The molecule has 15 atom stereocenters. The number of aliphatic hydroxyl groups excluding tert-OH is 3. The molecule has 0 amide bonds. The molecule has 0 aliphatic carbocycles. The van der Waals surface area contributed by atoms with Gasteiger partial charge in [0.25, 0.3) is 16.7 Å². The first-order chi connectivity index (χ1) is 29.8. The smallest absolute Gasteiger partial charge is 0.386 e. The monoisotopic (exact) mass is 999 g/mol. The summed E-state index contributed by atoms with van der Waals surface area (Å²) in [6.45, 7) is -3.46. The molecule has 3 aromatic rings. The summed E-state index contributed by atoms with van der Waals surface area (Å²) in [6.07, 6.45) is -21.5. The second-order valence-corrected chi connectivity index (χ2v) is 18.2. The minimum atomic E-state index is -5.66. The molecule has 0 aromatic carbocycles. The van der Waals surface area contributed by atoms with E-state index in [1.165, 1.54) is 0 Å². The van der Waals surface area contributed by atoms with E-state index in [4.69, 9.17) is 37.2 Å². The van der Waals surface area contributed by atoms with Crippen molar-refractivity contribution in [3.63, 3.8) is 0 Å². The molecule has 3 aliphatic rings. The number of nitrogens with one attached hydrogen (secondary N) is 3. The average molecular weight is 999 g/mol. The molecule has 354 valence electrons. The first-order valence-corrected chi connectivity index (χ1v) is 23.3. The summed E-state index contributed by atoms with van der Waals surface area (Å²) in [5.74, 6) is 0. The molecule has 3 unspecified atom stereocenters. The SMILES string of the molecule is O=c1ccn([C@@H]2O[C@H](COP(=O)(O)O[C@H]3[C@@H](O)[C@H](n4ccc(=O)[nH]c4=O)O[C@@H]3COP(=O)(O)O[C@H]3[C@@H](O)[C@H](n4ccc(=O)[nH]c4=O)O[C@@H]3CO[P+](=O)O)[C@@H](OP(=O)(O)O)[C@H]2O)c(=O)[nH]1.